The molecule has 0 aliphatic carbocycles. The van der Waals surface area contributed by atoms with E-state index in [-0.39, 0.29) is 0 Å². The highest BCUT2D eigenvalue weighted by Crippen LogP contribution is 1.67. The molecule has 10 heavy (non-hydrogen) atoms. The van der Waals surface area contributed by atoms with Gasteiger partial charge in [0.25, 0.3) is 0 Å². The fourth-order valence-corrected chi connectivity index (χ4v) is 0.489. The van der Waals surface area contributed by atoms with Gasteiger partial charge in [0.2, 0.25) is 6.41 Å². The molecule has 0 bridgehead atoms. The first-order valence-electron chi connectivity index (χ1n) is 3.16. The Morgan fingerprint density at radius 1 is 1.40 bits per heavy atom. The zero-order valence-electron chi connectivity index (χ0n) is 5.76. The number of nitrogens with one attached hydrogen (secondary N) is 2. The molecule has 0 radical (unpaired) electrons. The van der Waals surface area contributed by atoms with Crippen LogP contribution in [0.25, 0.3) is 0 Å². The Morgan fingerprint density at radius 3 is 2.80 bits per heavy atom. The van der Waals surface area contributed by atoms with Crippen LogP contribution in [0.3, 0.4) is 0 Å². The van der Waals surface area contributed by atoms with Crippen LogP contribution in [0.4, 0.5) is 0 Å². The number of hydrogen-bond donors (Lipinski definition) is 2. The number of nitriles is 1. The lowest BCUT2D eigenvalue weighted by molar-refractivity contribution is -0.109. The summed E-state index contributed by atoms with van der Waals surface area (Å²) in [6, 6.07) is 2.01. The second-order valence-corrected chi connectivity index (χ2v) is 1.73. The highest BCUT2D eigenvalue weighted by molar-refractivity contribution is 5.45. The second kappa shape index (κ2) is 7.92. The SMILES string of the molecule is N#CCCNCCNC=O. The van der Waals surface area contributed by atoms with Crippen molar-refractivity contribution in [3.8, 4) is 6.07 Å². The molecule has 0 rings (SSSR count). The van der Waals surface area contributed by atoms with Crippen LogP contribution in [0.5, 0.6) is 0 Å². The van der Waals surface area contributed by atoms with Crippen LogP contribution in [0.2, 0.25) is 0 Å². The van der Waals surface area contributed by atoms with Crippen molar-refractivity contribution < 1.29 is 4.79 Å². The molecule has 0 heterocycles. The molecule has 0 saturated carbocycles. The molecule has 0 aromatic carbocycles. The maximum Gasteiger partial charge on any atom is 0.207 e. The lowest BCUT2D eigenvalue weighted by Gasteiger charge is -1.98. The van der Waals surface area contributed by atoms with Crippen molar-refractivity contribution in [2.24, 2.45) is 0 Å². The standard InChI is InChI=1S/C6H11N3O/c7-2-1-3-8-4-5-9-6-10/h6,8H,1,3-5H2,(H,9,10). The summed E-state index contributed by atoms with van der Waals surface area (Å²) in [6.07, 6.45) is 1.17. The van der Waals surface area contributed by atoms with Gasteiger partial charge < -0.3 is 10.6 Å². The smallest absolute Gasteiger partial charge is 0.207 e. The molecule has 0 unspecified atom stereocenters. The Labute approximate surface area is 60.2 Å². The summed E-state index contributed by atoms with van der Waals surface area (Å²) >= 11 is 0. The molecule has 4 nitrogen and oxygen atoms in total. The Balaban J connectivity index is 2.78. The Kier molecular flexibility index (Phi) is 7.06. The van der Waals surface area contributed by atoms with E-state index in [9.17, 15) is 4.79 Å². The van der Waals surface area contributed by atoms with Crippen molar-refractivity contribution in [1.82, 2.24) is 10.6 Å². The van der Waals surface area contributed by atoms with Crippen molar-refractivity contribution in [2.75, 3.05) is 19.6 Å². The van der Waals surface area contributed by atoms with E-state index in [0.717, 1.165) is 6.54 Å². The molecule has 0 spiro atoms. The highest BCUT2D eigenvalue weighted by atomic mass is 16.1. The zero-order valence-corrected chi connectivity index (χ0v) is 5.76. The van der Waals surface area contributed by atoms with E-state index in [1.54, 1.807) is 0 Å². The van der Waals surface area contributed by atoms with E-state index in [1.807, 2.05) is 6.07 Å². The van der Waals surface area contributed by atoms with Gasteiger partial charge in [0.1, 0.15) is 0 Å². The monoisotopic (exact) mass is 141 g/mol. The molecule has 0 aliphatic heterocycles. The molecule has 4 heteroatoms. The molecule has 0 fully saturated rings. The van der Waals surface area contributed by atoms with E-state index in [4.69, 9.17) is 5.26 Å². The minimum absolute atomic E-state index is 0.515. The van der Waals surface area contributed by atoms with Gasteiger partial charge in [-0.15, -0.1) is 0 Å². The normalized spacial score (nSPS) is 8.30. The van der Waals surface area contributed by atoms with E-state index < -0.39 is 0 Å². The molecule has 0 aromatic heterocycles. The predicted octanol–water partition coefficient (Wildman–Crippen LogP) is -0.764. The molecule has 0 aliphatic rings. The van der Waals surface area contributed by atoms with Crippen LogP contribution in [0.1, 0.15) is 6.42 Å². The first kappa shape index (κ1) is 8.92. The van der Waals surface area contributed by atoms with Crippen LogP contribution < -0.4 is 10.6 Å². The molecule has 0 aromatic rings. The van der Waals surface area contributed by atoms with Gasteiger partial charge in [0.05, 0.1) is 6.07 Å². The van der Waals surface area contributed by atoms with Gasteiger partial charge >= 0.3 is 0 Å². The fourth-order valence-electron chi connectivity index (χ4n) is 0.489. The quantitative estimate of drug-likeness (QED) is 0.377. The van der Waals surface area contributed by atoms with Gasteiger partial charge in [-0.1, -0.05) is 0 Å². The maximum absolute atomic E-state index is 9.70. The minimum atomic E-state index is 0.515. The topological polar surface area (TPSA) is 64.9 Å². The molecular formula is C6H11N3O. The Bertz CT molecular complexity index is 119. The van der Waals surface area contributed by atoms with Crippen LogP contribution in [0, 0.1) is 11.3 Å². The number of rotatable bonds is 6. The van der Waals surface area contributed by atoms with Gasteiger partial charge in [0.15, 0.2) is 0 Å². The Morgan fingerprint density at radius 2 is 2.20 bits per heavy atom. The molecule has 0 saturated heterocycles. The van der Waals surface area contributed by atoms with Gasteiger partial charge in [0, 0.05) is 26.1 Å². The second-order valence-electron chi connectivity index (χ2n) is 1.73. The molecule has 1 amide bonds. The third kappa shape index (κ3) is 6.92. The lowest BCUT2D eigenvalue weighted by atomic mass is 10.4. The fraction of sp³-hybridized carbons (Fsp3) is 0.667. The van der Waals surface area contributed by atoms with E-state index >= 15 is 0 Å². The van der Waals surface area contributed by atoms with E-state index in [0.29, 0.717) is 25.9 Å². The summed E-state index contributed by atoms with van der Waals surface area (Å²) in [5, 5.41) is 13.6. The van der Waals surface area contributed by atoms with Gasteiger partial charge in [-0.25, -0.2) is 0 Å². The first-order valence-corrected chi connectivity index (χ1v) is 3.16. The summed E-state index contributed by atoms with van der Waals surface area (Å²) in [6.45, 7) is 2.03. The predicted molar refractivity (Wildman–Crippen MR) is 37.2 cm³/mol. The summed E-state index contributed by atoms with van der Waals surface area (Å²) in [7, 11) is 0. The number of carbonyl (C=O) groups is 1. The van der Waals surface area contributed by atoms with Gasteiger partial charge in [-0.05, 0) is 0 Å². The number of nitrogens with zero attached hydrogens (tertiary/aromatic N) is 1. The van der Waals surface area contributed by atoms with Crippen molar-refractivity contribution in [2.45, 2.75) is 6.42 Å². The number of amides is 1. The third-order valence-corrected chi connectivity index (χ3v) is 0.943. The average Bonchev–Trinajstić information content (AvgIpc) is 1.97. The van der Waals surface area contributed by atoms with E-state index in [2.05, 4.69) is 10.6 Å². The third-order valence-electron chi connectivity index (χ3n) is 0.943. The summed E-state index contributed by atoms with van der Waals surface area (Å²) in [5.74, 6) is 0. The summed E-state index contributed by atoms with van der Waals surface area (Å²) in [5.41, 5.74) is 0. The van der Waals surface area contributed by atoms with Crippen LogP contribution in [-0.4, -0.2) is 26.0 Å². The van der Waals surface area contributed by atoms with Crippen molar-refractivity contribution in [3.63, 3.8) is 0 Å². The number of hydrogen-bond acceptors (Lipinski definition) is 3. The van der Waals surface area contributed by atoms with Crippen molar-refractivity contribution >= 4 is 6.41 Å². The zero-order chi connectivity index (χ0) is 7.66. The minimum Gasteiger partial charge on any atom is -0.357 e. The van der Waals surface area contributed by atoms with Crippen molar-refractivity contribution in [3.05, 3.63) is 0 Å². The number of carbonyl (C=O) groups excluding carboxylic acids is 1. The summed E-state index contributed by atoms with van der Waals surface area (Å²) < 4.78 is 0. The molecule has 2 N–H and O–H groups in total. The van der Waals surface area contributed by atoms with Gasteiger partial charge in [-0.3, -0.25) is 4.79 Å². The lowest BCUT2D eigenvalue weighted by Crippen LogP contribution is -2.26. The Hall–Kier alpha value is -1.08. The summed E-state index contributed by atoms with van der Waals surface area (Å²) in [4.78, 5) is 9.70. The molecule has 0 atom stereocenters. The van der Waals surface area contributed by atoms with E-state index in [1.165, 1.54) is 0 Å². The van der Waals surface area contributed by atoms with Gasteiger partial charge in [-0.2, -0.15) is 5.26 Å². The molecular weight excluding hydrogens is 130 g/mol. The van der Waals surface area contributed by atoms with Crippen LogP contribution in [0.15, 0.2) is 0 Å². The molecule has 56 valence electrons. The maximum atomic E-state index is 9.70. The highest BCUT2D eigenvalue weighted by Gasteiger charge is 1.83. The van der Waals surface area contributed by atoms with Crippen LogP contribution in [-0.2, 0) is 4.79 Å². The van der Waals surface area contributed by atoms with Crippen LogP contribution >= 0.6 is 0 Å². The first-order chi connectivity index (χ1) is 4.91. The largest absolute Gasteiger partial charge is 0.357 e. The average molecular weight is 141 g/mol. The van der Waals surface area contributed by atoms with Crippen molar-refractivity contribution in [1.29, 1.82) is 5.26 Å².